The van der Waals surface area contributed by atoms with Gasteiger partial charge in [-0.05, 0) is 38.2 Å². The molecule has 11 heteroatoms. The smallest absolute Gasteiger partial charge is 0.337 e. The summed E-state index contributed by atoms with van der Waals surface area (Å²) < 4.78 is 41.8. The van der Waals surface area contributed by atoms with Crippen molar-refractivity contribution in [2.45, 2.75) is 57.2 Å². The average molecular weight is 438 g/mol. The minimum Gasteiger partial charge on any atom is -0.337 e. The van der Waals surface area contributed by atoms with Gasteiger partial charge in [-0.1, -0.05) is 0 Å². The molecule has 2 aliphatic rings. The number of carbonyl (C=O) groups is 2. The summed E-state index contributed by atoms with van der Waals surface area (Å²) in [6.45, 7) is 1.37. The maximum Gasteiger partial charge on any atom is 0.435 e. The van der Waals surface area contributed by atoms with Crippen LogP contribution in [0.25, 0.3) is 0 Å². The summed E-state index contributed by atoms with van der Waals surface area (Å²) >= 11 is 0. The van der Waals surface area contributed by atoms with E-state index < -0.39 is 17.8 Å². The zero-order valence-electron chi connectivity index (χ0n) is 17.3. The monoisotopic (exact) mass is 438 g/mol. The average Bonchev–Trinajstić information content (AvgIpc) is 3.38. The van der Waals surface area contributed by atoms with Crippen molar-refractivity contribution < 1.29 is 22.8 Å². The van der Waals surface area contributed by atoms with E-state index in [2.05, 4.69) is 15.5 Å². The molecule has 4 rings (SSSR count). The minimum absolute atomic E-state index is 0.0312. The summed E-state index contributed by atoms with van der Waals surface area (Å²) in [4.78, 5) is 27.1. The number of halogens is 3. The third-order valence-electron chi connectivity index (χ3n) is 5.71. The number of piperidine rings is 1. The Hall–Kier alpha value is -2.85. The Morgan fingerprint density at radius 1 is 1.19 bits per heavy atom. The van der Waals surface area contributed by atoms with Crippen LogP contribution in [0.2, 0.25) is 0 Å². The second-order valence-corrected chi connectivity index (χ2v) is 8.13. The van der Waals surface area contributed by atoms with Crippen LogP contribution >= 0.6 is 0 Å². The van der Waals surface area contributed by atoms with Crippen molar-refractivity contribution in [3.8, 4) is 0 Å². The van der Waals surface area contributed by atoms with Gasteiger partial charge in [-0.15, -0.1) is 0 Å². The highest BCUT2D eigenvalue weighted by Crippen LogP contribution is 2.42. The number of anilines is 1. The molecule has 2 fully saturated rings. The van der Waals surface area contributed by atoms with Crippen LogP contribution in [0, 0.1) is 0 Å². The Balaban J connectivity index is 1.42. The van der Waals surface area contributed by atoms with Crippen molar-refractivity contribution in [2.75, 3.05) is 18.4 Å². The van der Waals surface area contributed by atoms with Gasteiger partial charge in [0.1, 0.15) is 5.69 Å². The molecule has 1 saturated heterocycles. The van der Waals surface area contributed by atoms with Crippen molar-refractivity contribution in [2.24, 2.45) is 7.05 Å². The summed E-state index contributed by atoms with van der Waals surface area (Å²) in [6, 6.07) is 1.08. The Kier molecular flexibility index (Phi) is 5.76. The van der Waals surface area contributed by atoms with E-state index in [-0.39, 0.29) is 24.8 Å². The highest BCUT2D eigenvalue weighted by Gasteiger charge is 2.37. The number of hydrogen-bond acceptors (Lipinski definition) is 4. The molecule has 2 aromatic rings. The van der Waals surface area contributed by atoms with Crippen molar-refractivity contribution >= 4 is 17.5 Å². The second-order valence-electron chi connectivity index (χ2n) is 8.13. The molecule has 1 N–H and O–H groups in total. The molecule has 0 bridgehead atoms. The van der Waals surface area contributed by atoms with Crippen LogP contribution in [0.5, 0.6) is 0 Å². The van der Waals surface area contributed by atoms with E-state index >= 15 is 0 Å². The fourth-order valence-electron chi connectivity index (χ4n) is 3.91. The van der Waals surface area contributed by atoms with Gasteiger partial charge in [-0.2, -0.15) is 23.4 Å². The molecule has 1 saturated carbocycles. The van der Waals surface area contributed by atoms with Crippen molar-refractivity contribution in [1.82, 2.24) is 24.5 Å². The van der Waals surface area contributed by atoms with E-state index in [0.717, 1.165) is 38.2 Å². The largest absolute Gasteiger partial charge is 0.435 e. The lowest BCUT2D eigenvalue weighted by Gasteiger charge is -2.27. The lowest BCUT2D eigenvalue weighted by molar-refractivity contribution is -0.141. The number of nitrogens with one attached hydrogen (secondary N) is 1. The zero-order valence-corrected chi connectivity index (χ0v) is 17.3. The van der Waals surface area contributed by atoms with E-state index in [1.165, 1.54) is 15.6 Å². The molecule has 168 valence electrons. The summed E-state index contributed by atoms with van der Waals surface area (Å²) in [5.74, 6) is -0.529. The van der Waals surface area contributed by atoms with E-state index in [9.17, 15) is 22.8 Å². The van der Waals surface area contributed by atoms with Gasteiger partial charge in [0.25, 0.3) is 5.91 Å². The van der Waals surface area contributed by atoms with Crippen molar-refractivity contribution in [1.29, 1.82) is 0 Å². The van der Waals surface area contributed by atoms with E-state index in [1.54, 1.807) is 11.9 Å². The molecular weight excluding hydrogens is 413 g/mol. The van der Waals surface area contributed by atoms with Gasteiger partial charge in [-0.25, -0.2) is 0 Å². The Bertz CT molecular complexity index is 970. The number of alkyl halides is 3. The molecule has 1 aliphatic heterocycles. The number of likely N-dealkylation sites (tertiary alicyclic amines) is 1. The molecule has 2 amide bonds. The Morgan fingerprint density at radius 3 is 2.55 bits per heavy atom. The van der Waals surface area contributed by atoms with Gasteiger partial charge >= 0.3 is 6.18 Å². The number of aromatic nitrogens is 4. The minimum atomic E-state index is -4.52. The van der Waals surface area contributed by atoms with Crippen LogP contribution in [0.4, 0.5) is 18.9 Å². The third kappa shape index (κ3) is 4.75. The third-order valence-corrected chi connectivity index (χ3v) is 5.71. The predicted molar refractivity (Wildman–Crippen MR) is 105 cm³/mol. The standard InChI is InChI=1S/C20H25F3N6O2/c1-27-18(19(31)28-8-3-2-4-9-28)14(12-24-27)25-17(30)7-10-29-15(13-5-6-13)11-16(26-29)20(21,22)23/h11-13H,2-10H2,1H3,(H,25,30). The Labute approximate surface area is 177 Å². The molecule has 31 heavy (non-hydrogen) atoms. The van der Waals surface area contributed by atoms with E-state index in [4.69, 9.17) is 0 Å². The van der Waals surface area contributed by atoms with Crippen LogP contribution < -0.4 is 5.32 Å². The van der Waals surface area contributed by atoms with Crippen LogP contribution in [-0.2, 0) is 24.6 Å². The first-order valence-electron chi connectivity index (χ1n) is 10.5. The van der Waals surface area contributed by atoms with Gasteiger partial charge in [-0.3, -0.25) is 19.0 Å². The first kappa shape index (κ1) is 21.4. The maximum absolute atomic E-state index is 13.0. The van der Waals surface area contributed by atoms with E-state index in [1.807, 2.05) is 0 Å². The zero-order chi connectivity index (χ0) is 22.2. The molecule has 8 nitrogen and oxygen atoms in total. The molecule has 3 heterocycles. The van der Waals surface area contributed by atoms with Crippen LogP contribution in [0.3, 0.4) is 0 Å². The number of hydrogen-bond donors (Lipinski definition) is 1. The van der Waals surface area contributed by atoms with Crippen LogP contribution in [0.1, 0.15) is 66.3 Å². The number of amides is 2. The SMILES string of the molecule is Cn1ncc(NC(=O)CCn2nc(C(F)(F)F)cc2C2CC2)c1C(=O)N1CCCCC1. The van der Waals surface area contributed by atoms with Gasteiger partial charge in [0.2, 0.25) is 5.91 Å². The summed E-state index contributed by atoms with van der Waals surface area (Å²) in [5.41, 5.74) is 0.188. The number of nitrogens with zero attached hydrogens (tertiary/aromatic N) is 5. The highest BCUT2D eigenvalue weighted by atomic mass is 19.4. The quantitative estimate of drug-likeness (QED) is 0.751. The van der Waals surface area contributed by atoms with Gasteiger partial charge < -0.3 is 10.2 Å². The molecule has 0 unspecified atom stereocenters. The summed E-state index contributed by atoms with van der Waals surface area (Å²) in [6.07, 6.45) is 1.46. The molecule has 0 atom stereocenters. The number of carbonyl (C=O) groups excluding carboxylic acids is 2. The number of aryl methyl sites for hydroxylation is 2. The van der Waals surface area contributed by atoms with Crippen molar-refractivity contribution in [3.05, 3.63) is 29.3 Å². The molecule has 2 aromatic heterocycles. The first-order chi connectivity index (χ1) is 14.7. The number of rotatable bonds is 6. The topological polar surface area (TPSA) is 85.0 Å². The molecule has 0 spiro atoms. The highest BCUT2D eigenvalue weighted by molar-refractivity contribution is 6.02. The summed E-state index contributed by atoms with van der Waals surface area (Å²) in [7, 11) is 1.64. The fraction of sp³-hybridized carbons (Fsp3) is 0.600. The van der Waals surface area contributed by atoms with Gasteiger partial charge in [0, 0.05) is 44.7 Å². The second kappa shape index (κ2) is 8.35. The molecule has 0 radical (unpaired) electrons. The lowest BCUT2D eigenvalue weighted by Crippen LogP contribution is -2.37. The lowest BCUT2D eigenvalue weighted by atomic mass is 10.1. The molecular formula is C20H25F3N6O2. The van der Waals surface area contributed by atoms with Crippen LogP contribution in [0.15, 0.2) is 12.3 Å². The normalized spacial score (nSPS) is 17.1. The van der Waals surface area contributed by atoms with Crippen LogP contribution in [-0.4, -0.2) is 49.4 Å². The Morgan fingerprint density at radius 2 is 1.90 bits per heavy atom. The van der Waals surface area contributed by atoms with Gasteiger partial charge in [0.15, 0.2) is 5.69 Å². The molecule has 0 aromatic carbocycles. The first-order valence-corrected chi connectivity index (χ1v) is 10.5. The van der Waals surface area contributed by atoms with Crippen molar-refractivity contribution in [3.63, 3.8) is 0 Å². The van der Waals surface area contributed by atoms with Gasteiger partial charge in [0.05, 0.1) is 11.9 Å². The molecule has 1 aliphatic carbocycles. The summed E-state index contributed by atoms with van der Waals surface area (Å²) in [5, 5.41) is 10.4. The predicted octanol–water partition coefficient (Wildman–Crippen LogP) is 3.17. The van der Waals surface area contributed by atoms with E-state index in [0.29, 0.717) is 30.2 Å². The fourth-order valence-corrected chi connectivity index (χ4v) is 3.91. The maximum atomic E-state index is 13.0.